The lowest BCUT2D eigenvalue weighted by molar-refractivity contribution is 0.0941. The first kappa shape index (κ1) is 16.3. The third-order valence-corrected chi connectivity index (χ3v) is 4.12. The molecule has 0 atom stereocenters. The van der Waals surface area contributed by atoms with E-state index in [-0.39, 0.29) is 10.6 Å². The first-order chi connectivity index (χ1) is 10.3. The van der Waals surface area contributed by atoms with E-state index in [0.717, 1.165) is 18.2 Å². The third kappa shape index (κ3) is 3.59. The molecular weight excluding hydrogens is 338 g/mol. The lowest BCUT2D eigenvalue weighted by Crippen LogP contribution is -2.42. The van der Waals surface area contributed by atoms with Gasteiger partial charge in [0.1, 0.15) is 16.5 Å². The second-order valence-electron chi connectivity index (χ2n) is 4.11. The summed E-state index contributed by atoms with van der Waals surface area (Å²) < 4.78 is 50.7. The van der Waals surface area contributed by atoms with E-state index in [9.17, 15) is 22.0 Å². The molecule has 9 heteroatoms. The van der Waals surface area contributed by atoms with Gasteiger partial charge in [0, 0.05) is 5.02 Å². The molecular formula is C13H9ClF2N2O3S. The van der Waals surface area contributed by atoms with Crippen molar-refractivity contribution < 1.29 is 22.0 Å². The zero-order valence-electron chi connectivity index (χ0n) is 10.8. The van der Waals surface area contributed by atoms with Crippen LogP contribution in [-0.4, -0.2) is 14.3 Å². The van der Waals surface area contributed by atoms with E-state index >= 15 is 0 Å². The van der Waals surface area contributed by atoms with Gasteiger partial charge in [-0.05, 0) is 30.3 Å². The maximum absolute atomic E-state index is 13.6. The van der Waals surface area contributed by atoms with Crippen LogP contribution in [0, 0.1) is 11.6 Å². The first-order valence-corrected chi connectivity index (χ1v) is 7.69. The van der Waals surface area contributed by atoms with Crippen molar-refractivity contribution in [3.63, 3.8) is 0 Å². The molecule has 0 bridgehead atoms. The fourth-order valence-corrected chi connectivity index (χ4v) is 2.63. The fourth-order valence-electron chi connectivity index (χ4n) is 1.57. The minimum absolute atomic E-state index is 0.0202. The number of hydrazine groups is 1. The minimum Gasteiger partial charge on any atom is -0.273 e. The molecule has 0 aromatic heterocycles. The number of carbonyl (C=O) groups excluding carboxylic acids is 1. The Balaban J connectivity index is 2.17. The number of nitrogens with one attached hydrogen (secondary N) is 2. The summed E-state index contributed by atoms with van der Waals surface area (Å²) in [7, 11) is -4.36. The summed E-state index contributed by atoms with van der Waals surface area (Å²) in [6.07, 6.45) is 0. The molecule has 1 amide bonds. The number of carbonyl (C=O) groups is 1. The van der Waals surface area contributed by atoms with Crippen LogP contribution in [0.1, 0.15) is 10.4 Å². The van der Waals surface area contributed by atoms with Crippen molar-refractivity contribution in [2.75, 3.05) is 0 Å². The molecule has 2 aromatic rings. The summed E-state index contributed by atoms with van der Waals surface area (Å²) in [4.78, 5) is 12.7. The van der Waals surface area contributed by atoms with Crippen LogP contribution in [0.4, 0.5) is 8.78 Å². The highest BCUT2D eigenvalue weighted by molar-refractivity contribution is 7.89. The average molecular weight is 347 g/mol. The number of rotatable bonds is 4. The van der Waals surface area contributed by atoms with E-state index in [1.54, 1.807) is 10.3 Å². The Morgan fingerprint density at radius 3 is 2.36 bits per heavy atom. The van der Waals surface area contributed by atoms with E-state index in [1.807, 2.05) is 0 Å². The van der Waals surface area contributed by atoms with Crippen LogP contribution >= 0.6 is 11.6 Å². The summed E-state index contributed by atoms with van der Waals surface area (Å²) in [5.74, 6) is -2.92. The van der Waals surface area contributed by atoms with Crippen LogP contribution in [0.15, 0.2) is 47.4 Å². The summed E-state index contributed by atoms with van der Waals surface area (Å²) in [5.41, 5.74) is 1.44. The Kier molecular flexibility index (Phi) is 4.74. The van der Waals surface area contributed by atoms with Gasteiger partial charge in [-0.2, -0.15) is 0 Å². The summed E-state index contributed by atoms with van der Waals surface area (Å²) in [6, 6.07) is 7.93. The van der Waals surface area contributed by atoms with Gasteiger partial charge < -0.3 is 0 Å². The van der Waals surface area contributed by atoms with Gasteiger partial charge in [-0.15, -0.1) is 4.83 Å². The topological polar surface area (TPSA) is 75.3 Å². The van der Waals surface area contributed by atoms with Crippen LogP contribution in [0.25, 0.3) is 0 Å². The molecule has 2 N–H and O–H groups in total. The summed E-state index contributed by atoms with van der Waals surface area (Å²) >= 11 is 5.53. The predicted octanol–water partition coefficient (Wildman–Crippen LogP) is 2.24. The first-order valence-electron chi connectivity index (χ1n) is 5.83. The van der Waals surface area contributed by atoms with Crippen LogP contribution in [0.3, 0.4) is 0 Å². The average Bonchev–Trinajstić information content (AvgIpc) is 2.45. The summed E-state index contributed by atoms with van der Waals surface area (Å²) in [5, 5.41) is 0.0202. The maximum Gasteiger partial charge on any atom is 0.269 e. The van der Waals surface area contributed by atoms with Crippen molar-refractivity contribution >= 4 is 27.5 Å². The molecule has 5 nitrogen and oxygen atoms in total. The normalized spacial score (nSPS) is 11.2. The molecule has 0 saturated carbocycles. The number of hydrogen-bond acceptors (Lipinski definition) is 3. The largest absolute Gasteiger partial charge is 0.273 e. The van der Waals surface area contributed by atoms with E-state index in [4.69, 9.17) is 11.6 Å². The molecule has 0 aliphatic rings. The highest BCUT2D eigenvalue weighted by Gasteiger charge is 2.21. The molecule has 2 aromatic carbocycles. The van der Waals surface area contributed by atoms with Gasteiger partial charge in [0.05, 0.1) is 5.56 Å². The number of amides is 1. The standard InChI is InChI=1S/C13H9ClF2N2O3S/c14-8-5-6-12(11(16)7-8)22(20,21)18-17-13(19)9-3-1-2-4-10(9)15/h1-7,18H,(H,17,19). The molecule has 0 aliphatic carbocycles. The third-order valence-electron chi connectivity index (χ3n) is 2.60. The van der Waals surface area contributed by atoms with E-state index in [0.29, 0.717) is 0 Å². The Labute approximate surface area is 129 Å². The Bertz CT molecular complexity index is 828. The van der Waals surface area contributed by atoms with E-state index < -0.39 is 32.5 Å². The zero-order chi connectivity index (χ0) is 16.3. The van der Waals surface area contributed by atoms with Gasteiger partial charge >= 0.3 is 0 Å². The molecule has 0 heterocycles. The molecule has 0 aliphatic heterocycles. The van der Waals surface area contributed by atoms with Gasteiger partial charge in [0.15, 0.2) is 0 Å². The van der Waals surface area contributed by atoms with Crippen molar-refractivity contribution in [2.45, 2.75) is 4.90 Å². The molecule has 22 heavy (non-hydrogen) atoms. The predicted molar refractivity (Wildman–Crippen MR) is 75.6 cm³/mol. The molecule has 116 valence electrons. The lowest BCUT2D eigenvalue weighted by atomic mass is 10.2. The second kappa shape index (κ2) is 6.39. The van der Waals surface area contributed by atoms with Gasteiger partial charge in [-0.1, -0.05) is 23.7 Å². The van der Waals surface area contributed by atoms with Gasteiger partial charge in [0.25, 0.3) is 15.9 Å². The quantitative estimate of drug-likeness (QED) is 0.834. The monoisotopic (exact) mass is 346 g/mol. The lowest BCUT2D eigenvalue weighted by Gasteiger charge is -2.09. The second-order valence-corrected chi connectivity index (χ2v) is 6.20. The maximum atomic E-state index is 13.6. The van der Waals surface area contributed by atoms with Crippen molar-refractivity contribution in [3.8, 4) is 0 Å². The van der Waals surface area contributed by atoms with Crippen LogP contribution in [0.2, 0.25) is 5.02 Å². The highest BCUT2D eigenvalue weighted by Crippen LogP contribution is 2.18. The van der Waals surface area contributed by atoms with Gasteiger partial charge in [-0.3, -0.25) is 10.2 Å². The van der Waals surface area contributed by atoms with Crippen molar-refractivity contribution in [1.82, 2.24) is 10.3 Å². The molecule has 2 rings (SSSR count). The number of benzene rings is 2. The number of hydrogen-bond donors (Lipinski definition) is 2. The Hall–Kier alpha value is -2.03. The van der Waals surface area contributed by atoms with Crippen LogP contribution in [-0.2, 0) is 10.0 Å². The molecule has 0 fully saturated rings. The summed E-state index contributed by atoms with van der Waals surface area (Å²) in [6.45, 7) is 0. The molecule has 0 spiro atoms. The molecule has 0 radical (unpaired) electrons. The fraction of sp³-hybridized carbons (Fsp3) is 0. The minimum atomic E-state index is -4.36. The van der Waals surface area contributed by atoms with Crippen molar-refractivity contribution in [3.05, 3.63) is 64.7 Å². The highest BCUT2D eigenvalue weighted by atomic mass is 35.5. The van der Waals surface area contributed by atoms with Crippen molar-refractivity contribution in [1.29, 1.82) is 0 Å². The van der Waals surface area contributed by atoms with Gasteiger partial charge in [0.2, 0.25) is 0 Å². The van der Waals surface area contributed by atoms with Crippen LogP contribution < -0.4 is 10.3 Å². The number of halogens is 3. The number of sulfonamides is 1. The van der Waals surface area contributed by atoms with E-state index in [2.05, 4.69) is 0 Å². The van der Waals surface area contributed by atoms with Gasteiger partial charge in [-0.25, -0.2) is 17.2 Å². The molecule has 0 unspecified atom stereocenters. The molecule has 0 saturated heterocycles. The Morgan fingerprint density at radius 1 is 1.05 bits per heavy atom. The van der Waals surface area contributed by atoms with Crippen LogP contribution in [0.5, 0.6) is 0 Å². The van der Waals surface area contributed by atoms with E-state index in [1.165, 1.54) is 24.3 Å². The SMILES string of the molecule is O=C(NNS(=O)(=O)c1ccc(Cl)cc1F)c1ccccc1F. The Morgan fingerprint density at radius 2 is 1.73 bits per heavy atom. The van der Waals surface area contributed by atoms with Crippen molar-refractivity contribution in [2.24, 2.45) is 0 Å². The zero-order valence-corrected chi connectivity index (χ0v) is 12.4. The smallest absolute Gasteiger partial charge is 0.269 e.